The maximum Gasteiger partial charge on any atom is 0.177 e. The second kappa shape index (κ2) is 5.69. The maximum absolute atomic E-state index is 12.1. The van der Waals surface area contributed by atoms with Gasteiger partial charge in [-0.15, -0.1) is 0 Å². The van der Waals surface area contributed by atoms with Crippen LogP contribution in [0.4, 0.5) is 5.69 Å². The van der Waals surface area contributed by atoms with Crippen LogP contribution in [0.25, 0.3) is 0 Å². The minimum Gasteiger partial charge on any atom is -0.370 e. The zero-order valence-corrected chi connectivity index (χ0v) is 14.0. The number of benzene rings is 1. The fourth-order valence-electron chi connectivity index (χ4n) is 3.90. The van der Waals surface area contributed by atoms with Crippen LogP contribution in [0.5, 0.6) is 0 Å². The van der Waals surface area contributed by atoms with E-state index in [1.807, 2.05) is 0 Å². The average molecular weight is 321 g/mol. The zero-order chi connectivity index (χ0) is 15.9. The summed E-state index contributed by atoms with van der Waals surface area (Å²) in [5.41, 5.74) is 1.29. The fourth-order valence-corrected chi connectivity index (χ4v) is 4.78. The Balaban J connectivity index is 2.00. The van der Waals surface area contributed by atoms with Crippen molar-refractivity contribution in [2.45, 2.75) is 37.5 Å². The lowest BCUT2D eigenvalue weighted by Gasteiger charge is -2.22. The first-order valence-electron chi connectivity index (χ1n) is 7.96. The van der Waals surface area contributed by atoms with E-state index in [2.05, 4.69) is 4.90 Å². The number of anilines is 1. The van der Waals surface area contributed by atoms with E-state index < -0.39 is 9.84 Å². The van der Waals surface area contributed by atoms with E-state index in [0.717, 1.165) is 13.1 Å². The molecule has 0 unspecified atom stereocenters. The van der Waals surface area contributed by atoms with E-state index in [1.54, 1.807) is 18.2 Å². The van der Waals surface area contributed by atoms with Crippen LogP contribution in [0.2, 0.25) is 0 Å². The molecule has 0 amide bonds. The van der Waals surface area contributed by atoms with E-state index in [9.17, 15) is 13.2 Å². The van der Waals surface area contributed by atoms with Gasteiger partial charge in [-0.25, -0.2) is 8.42 Å². The van der Waals surface area contributed by atoms with E-state index >= 15 is 0 Å². The molecular weight excluding hydrogens is 298 g/mol. The van der Waals surface area contributed by atoms with Crippen molar-refractivity contribution in [2.24, 2.45) is 11.8 Å². The van der Waals surface area contributed by atoms with Crippen molar-refractivity contribution >= 4 is 21.3 Å². The van der Waals surface area contributed by atoms with E-state index in [1.165, 1.54) is 38.9 Å². The first-order valence-corrected chi connectivity index (χ1v) is 9.85. The third-order valence-electron chi connectivity index (χ3n) is 5.08. The summed E-state index contributed by atoms with van der Waals surface area (Å²) in [6.45, 7) is 3.34. The summed E-state index contributed by atoms with van der Waals surface area (Å²) >= 11 is 0. The monoisotopic (exact) mass is 321 g/mol. The van der Waals surface area contributed by atoms with Gasteiger partial charge in [0, 0.05) is 24.9 Å². The number of hydrogen-bond donors (Lipinski definition) is 0. The second-order valence-electron chi connectivity index (χ2n) is 6.72. The molecule has 1 aromatic carbocycles. The minimum atomic E-state index is -3.30. The van der Waals surface area contributed by atoms with Crippen LogP contribution in [0, 0.1) is 11.8 Å². The van der Waals surface area contributed by atoms with Crippen LogP contribution in [0.3, 0.4) is 0 Å². The second-order valence-corrected chi connectivity index (χ2v) is 8.70. The molecule has 1 aliphatic heterocycles. The first-order chi connectivity index (χ1) is 10.4. The number of rotatable bonds is 3. The molecule has 1 heterocycles. The number of fused-ring (bicyclic) bond motifs is 1. The summed E-state index contributed by atoms with van der Waals surface area (Å²) in [5.74, 6) is 1.31. The van der Waals surface area contributed by atoms with Gasteiger partial charge in [0.1, 0.15) is 0 Å². The smallest absolute Gasteiger partial charge is 0.177 e. The van der Waals surface area contributed by atoms with E-state index in [-0.39, 0.29) is 5.78 Å². The number of carbonyl (C=O) groups excluding carboxylic acids is 1. The van der Waals surface area contributed by atoms with E-state index in [4.69, 9.17) is 0 Å². The van der Waals surface area contributed by atoms with Gasteiger partial charge in [0.2, 0.25) is 0 Å². The van der Waals surface area contributed by atoms with Crippen molar-refractivity contribution in [3.8, 4) is 0 Å². The predicted molar refractivity (Wildman–Crippen MR) is 87.2 cm³/mol. The van der Waals surface area contributed by atoms with Crippen LogP contribution in [-0.2, 0) is 9.84 Å². The molecule has 1 aliphatic carbocycles. The average Bonchev–Trinajstić information content (AvgIpc) is 2.89. The minimum absolute atomic E-state index is 0.0297. The zero-order valence-electron chi connectivity index (χ0n) is 13.2. The highest BCUT2D eigenvalue weighted by molar-refractivity contribution is 7.90. The Hall–Kier alpha value is -1.36. The molecule has 2 atom stereocenters. The Morgan fingerprint density at radius 3 is 2.23 bits per heavy atom. The Bertz CT molecular complexity index is 682. The topological polar surface area (TPSA) is 54.5 Å². The Morgan fingerprint density at radius 2 is 1.73 bits per heavy atom. The molecule has 3 rings (SSSR count). The number of Topliss-reactive ketones (excluding diaryl/α,β-unsaturated/α-hetero) is 1. The molecule has 1 aromatic rings. The molecule has 5 heteroatoms. The van der Waals surface area contributed by atoms with E-state index in [0.29, 0.717) is 28.0 Å². The van der Waals surface area contributed by atoms with Gasteiger partial charge < -0.3 is 4.90 Å². The van der Waals surface area contributed by atoms with Gasteiger partial charge in [-0.2, -0.15) is 0 Å². The van der Waals surface area contributed by atoms with Crippen molar-refractivity contribution in [3.63, 3.8) is 0 Å². The molecule has 0 aromatic heterocycles. The Morgan fingerprint density at radius 1 is 1.14 bits per heavy atom. The van der Waals surface area contributed by atoms with Crippen molar-refractivity contribution in [1.82, 2.24) is 0 Å². The van der Waals surface area contributed by atoms with Gasteiger partial charge in [0.25, 0.3) is 0 Å². The molecule has 22 heavy (non-hydrogen) atoms. The molecule has 0 spiro atoms. The lowest BCUT2D eigenvalue weighted by Crippen LogP contribution is -2.22. The molecule has 0 bridgehead atoms. The van der Waals surface area contributed by atoms with Crippen LogP contribution < -0.4 is 4.90 Å². The van der Waals surface area contributed by atoms with Crippen LogP contribution >= 0.6 is 0 Å². The number of nitrogens with zero attached hydrogens (tertiary/aromatic N) is 1. The summed E-state index contributed by atoms with van der Waals surface area (Å²) < 4.78 is 24.2. The molecule has 120 valence electrons. The van der Waals surface area contributed by atoms with Gasteiger partial charge in [0.05, 0.1) is 10.6 Å². The van der Waals surface area contributed by atoms with Gasteiger partial charge in [-0.3, -0.25) is 4.79 Å². The molecule has 0 N–H and O–H groups in total. The number of sulfone groups is 1. The fraction of sp³-hybridized carbons (Fsp3) is 0.588. The van der Waals surface area contributed by atoms with Gasteiger partial charge in [-0.1, -0.05) is 12.8 Å². The molecular formula is C17H23NO3S. The maximum atomic E-state index is 12.1. The number of hydrogen-bond acceptors (Lipinski definition) is 4. The molecule has 1 saturated heterocycles. The van der Waals surface area contributed by atoms with Crippen molar-refractivity contribution in [1.29, 1.82) is 0 Å². The van der Waals surface area contributed by atoms with Gasteiger partial charge in [-0.05, 0) is 49.8 Å². The van der Waals surface area contributed by atoms with Crippen molar-refractivity contribution < 1.29 is 13.2 Å². The standard InChI is InChI=1S/C17H23NO3S/c1-12(19)13-7-8-17(22(2,20)21)16(9-13)18-10-14-5-3-4-6-15(14)11-18/h7-9,14-15H,3-6,10-11H2,1-2H3/t14-,15-/m0/s1. The summed E-state index contributed by atoms with van der Waals surface area (Å²) in [6.07, 6.45) is 6.27. The lowest BCUT2D eigenvalue weighted by atomic mass is 9.82. The highest BCUT2D eigenvalue weighted by Crippen LogP contribution is 2.40. The highest BCUT2D eigenvalue weighted by Gasteiger charge is 2.36. The normalized spacial score (nSPS) is 25.1. The Kier molecular flexibility index (Phi) is 4.02. The molecule has 4 nitrogen and oxygen atoms in total. The molecule has 2 aliphatic rings. The van der Waals surface area contributed by atoms with Crippen molar-refractivity contribution in [2.75, 3.05) is 24.2 Å². The summed E-state index contributed by atoms with van der Waals surface area (Å²) in [5, 5.41) is 0. The van der Waals surface area contributed by atoms with Crippen LogP contribution in [-0.4, -0.2) is 33.5 Å². The van der Waals surface area contributed by atoms with Gasteiger partial charge >= 0.3 is 0 Å². The molecule has 2 fully saturated rings. The summed E-state index contributed by atoms with van der Waals surface area (Å²) in [4.78, 5) is 14.2. The number of carbonyl (C=O) groups is 1. The first kappa shape index (κ1) is 15.5. The Labute approximate surface area is 132 Å². The lowest BCUT2D eigenvalue weighted by molar-refractivity contribution is 0.101. The van der Waals surface area contributed by atoms with Crippen LogP contribution in [0.15, 0.2) is 23.1 Å². The molecule has 1 saturated carbocycles. The SMILES string of the molecule is CC(=O)c1ccc(S(C)(=O)=O)c(N2C[C@@H]3CCCC[C@H]3C2)c1. The highest BCUT2D eigenvalue weighted by atomic mass is 32.2. The quantitative estimate of drug-likeness (QED) is 0.803. The molecule has 0 radical (unpaired) electrons. The number of ketones is 1. The van der Waals surface area contributed by atoms with Crippen molar-refractivity contribution in [3.05, 3.63) is 23.8 Å². The third kappa shape index (κ3) is 2.91. The summed E-state index contributed by atoms with van der Waals surface area (Å²) in [7, 11) is -3.30. The predicted octanol–water partition coefficient (Wildman–Crippen LogP) is 2.92. The van der Waals surface area contributed by atoms with Crippen LogP contribution in [0.1, 0.15) is 43.0 Å². The third-order valence-corrected chi connectivity index (χ3v) is 6.23. The summed E-state index contributed by atoms with van der Waals surface area (Å²) in [6, 6.07) is 4.96. The van der Waals surface area contributed by atoms with Gasteiger partial charge in [0.15, 0.2) is 15.6 Å². The largest absolute Gasteiger partial charge is 0.370 e.